The highest BCUT2D eigenvalue weighted by Crippen LogP contribution is 2.26. The van der Waals surface area contributed by atoms with Crippen LogP contribution in [0.5, 0.6) is 0 Å². The smallest absolute Gasteiger partial charge is 0.314 e. The van der Waals surface area contributed by atoms with Crippen molar-refractivity contribution in [2.75, 3.05) is 7.11 Å². The van der Waals surface area contributed by atoms with Crippen LogP contribution in [0.4, 0.5) is 0 Å². The van der Waals surface area contributed by atoms with Gasteiger partial charge in [0.25, 0.3) is 0 Å². The topological polar surface area (TPSA) is 50.2 Å². The van der Waals surface area contributed by atoms with Crippen molar-refractivity contribution in [1.29, 1.82) is 5.41 Å². The van der Waals surface area contributed by atoms with E-state index in [0.29, 0.717) is 11.6 Å². The molecule has 0 aromatic carbocycles. The molecule has 12 heavy (non-hydrogen) atoms. The van der Waals surface area contributed by atoms with Gasteiger partial charge in [0.05, 0.1) is 13.0 Å². The lowest BCUT2D eigenvalue weighted by Crippen LogP contribution is -2.30. The van der Waals surface area contributed by atoms with E-state index >= 15 is 0 Å². The monoisotopic (exact) mass is 169 g/mol. The predicted octanol–water partition coefficient (Wildman–Crippen LogP) is 1.62. The lowest BCUT2D eigenvalue weighted by Gasteiger charge is -2.24. The van der Waals surface area contributed by atoms with Gasteiger partial charge in [-0.05, 0) is 25.2 Å². The third-order valence-electron chi connectivity index (χ3n) is 2.42. The molecule has 1 saturated carbocycles. The third-order valence-corrected chi connectivity index (χ3v) is 2.42. The number of carbonyl (C=O) groups is 1. The van der Waals surface area contributed by atoms with Crippen LogP contribution in [-0.4, -0.2) is 18.8 Å². The standard InChI is InChI=1S/C9H15NO2/c1-6-3-4-7(8(10)5-6)9(11)12-2/h6-7,10H,3-5H2,1-2H3. The fourth-order valence-electron chi connectivity index (χ4n) is 1.65. The maximum atomic E-state index is 11.1. The first-order valence-electron chi connectivity index (χ1n) is 4.30. The van der Waals surface area contributed by atoms with Crippen LogP contribution in [-0.2, 0) is 9.53 Å². The minimum Gasteiger partial charge on any atom is -0.469 e. The molecule has 0 heterocycles. The second kappa shape index (κ2) is 3.70. The second-order valence-electron chi connectivity index (χ2n) is 3.49. The summed E-state index contributed by atoms with van der Waals surface area (Å²) in [5.74, 6) is 0.0523. The van der Waals surface area contributed by atoms with Crippen LogP contribution in [0.25, 0.3) is 0 Å². The van der Waals surface area contributed by atoms with E-state index in [1.54, 1.807) is 0 Å². The fraction of sp³-hybridized carbons (Fsp3) is 0.778. The average molecular weight is 169 g/mol. The van der Waals surface area contributed by atoms with Crippen LogP contribution in [0.15, 0.2) is 0 Å². The summed E-state index contributed by atoms with van der Waals surface area (Å²) in [5, 5.41) is 7.61. The first kappa shape index (κ1) is 9.23. The zero-order valence-corrected chi connectivity index (χ0v) is 7.59. The quantitative estimate of drug-likeness (QED) is 0.606. The lowest BCUT2D eigenvalue weighted by atomic mass is 9.81. The molecular weight excluding hydrogens is 154 g/mol. The highest BCUT2D eigenvalue weighted by atomic mass is 16.5. The summed E-state index contributed by atoms with van der Waals surface area (Å²) in [6, 6.07) is 0. The molecule has 0 aromatic heterocycles. The van der Waals surface area contributed by atoms with Gasteiger partial charge < -0.3 is 10.1 Å². The molecule has 1 aliphatic rings. The Morgan fingerprint density at radius 1 is 1.58 bits per heavy atom. The lowest BCUT2D eigenvalue weighted by molar-refractivity contribution is -0.143. The molecule has 1 aliphatic carbocycles. The van der Waals surface area contributed by atoms with Gasteiger partial charge in [0.2, 0.25) is 0 Å². The Labute approximate surface area is 72.6 Å². The molecule has 0 amide bonds. The van der Waals surface area contributed by atoms with Gasteiger partial charge in [-0.25, -0.2) is 0 Å². The van der Waals surface area contributed by atoms with E-state index in [1.165, 1.54) is 7.11 Å². The predicted molar refractivity (Wildman–Crippen MR) is 46.2 cm³/mol. The van der Waals surface area contributed by atoms with E-state index in [4.69, 9.17) is 5.41 Å². The number of nitrogens with one attached hydrogen (secondary N) is 1. The van der Waals surface area contributed by atoms with E-state index in [1.807, 2.05) is 0 Å². The maximum absolute atomic E-state index is 11.1. The Balaban J connectivity index is 2.56. The number of hydrogen-bond acceptors (Lipinski definition) is 3. The van der Waals surface area contributed by atoms with Gasteiger partial charge in [0, 0.05) is 5.71 Å². The summed E-state index contributed by atoms with van der Waals surface area (Å²) in [7, 11) is 1.38. The highest BCUT2D eigenvalue weighted by Gasteiger charge is 2.29. The first-order chi connectivity index (χ1) is 5.65. The van der Waals surface area contributed by atoms with Crippen molar-refractivity contribution < 1.29 is 9.53 Å². The molecule has 0 aromatic rings. The average Bonchev–Trinajstić information content (AvgIpc) is 2.03. The number of carbonyl (C=O) groups excluding carboxylic acids is 1. The zero-order chi connectivity index (χ0) is 9.14. The number of hydrogen-bond donors (Lipinski definition) is 1. The minimum atomic E-state index is -0.258. The van der Waals surface area contributed by atoms with Crippen molar-refractivity contribution in [2.24, 2.45) is 11.8 Å². The summed E-state index contributed by atoms with van der Waals surface area (Å²) in [6.45, 7) is 2.11. The molecule has 0 saturated heterocycles. The molecule has 68 valence electrons. The summed E-state index contributed by atoms with van der Waals surface area (Å²) in [6.07, 6.45) is 2.56. The molecule has 1 N–H and O–H groups in total. The van der Waals surface area contributed by atoms with E-state index < -0.39 is 0 Å². The van der Waals surface area contributed by atoms with Crippen LogP contribution in [0.3, 0.4) is 0 Å². The third kappa shape index (κ3) is 1.84. The number of methoxy groups -OCH3 is 1. The van der Waals surface area contributed by atoms with Gasteiger partial charge in [0.15, 0.2) is 0 Å². The Bertz CT molecular complexity index is 201. The Morgan fingerprint density at radius 2 is 2.25 bits per heavy atom. The van der Waals surface area contributed by atoms with Gasteiger partial charge >= 0.3 is 5.97 Å². The van der Waals surface area contributed by atoms with Crippen LogP contribution < -0.4 is 0 Å². The minimum absolute atomic E-state index is 0.244. The molecular formula is C9H15NO2. The second-order valence-corrected chi connectivity index (χ2v) is 3.49. The molecule has 1 rings (SSSR count). The van der Waals surface area contributed by atoms with E-state index in [9.17, 15) is 4.79 Å². The van der Waals surface area contributed by atoms with Crippen LogP contribution in [0.1, 0.15) is 26.2 Å². The molecule has 0 radical (unpaired) electrons. The van der Waals surface area contributed by atoms with Crippen LogP contribution in [0, 0.1) is 17.2 Å². The highest BCUT2D eigenvalue weighted by molar-refractivity contribution is 6.01. The van der Waals surface area contributed by atoms with Gasteiger partial charge in [-0.1, -0.05) is 6.92 Å². The van der Waals surface area contributed by atoms with Crippen molar-refractivity contribution in [2.45, 2.75) is 26.2 Å². The van der Waals surface area contributed by atoms with Gasteiger partial charge in [0.1, 0.15) is 0 Å². The Morgan fingerprint density at radius 3 is 2.75 bits per heavy atom. The van der Waals surface area contributed by atoms with Crippen molar-refractivity contribution in [3.8, 4) is 0 Å². The molecule has 2 unspecified atom stereocenters. The zero-order valence-electron chi connectivity index (χ0n) is 7.59. The summed E-state index contributed by atoms with van der Waals surface area (Å²) in [4.78, 5) is 11.1. The molecule has 0 spiro atoms. The van der Waals surface area contributed by atoms with Crippen LogP contribution >= 0.6 is 0 Å². The summed E-state index contributed by atoms with van der Waals surface area (Å²) < 4.78 is 4.62. The summed E-state index contributed by atoms with van der Waals surface area (Å²) >= 11 is 0. The van der Waals surface area contributed by atoms with Crippen molar-refractivity contribution in [1.82, 2.24) is 0 Å². The maximum Gasteiger partial charge on any atom is 0.314 e. The molecule has 0 aliphatic heterocycles. The van der Waals surface area contributed by atoms with Gasteiger partial charge in [-0.15, -0.1) is 0 Å². The largest absolute Gasteiger partial charge is 0.469 e. The first-order valence-corrected chi connectivity index (χ1v) is 4.30. The van der Waals surface area contributed by atoms with Crippen molar-refractivity contribution >= 4 is 11.7 Å². The Kier molecular flexibility index (Phi) is 2.84. The van der Waals surface area contributed by atoms with E-state index in [0.717, 1.165) is 19.3 Å². The van der Waals surface area contributed by atoms with Gasteiger partial charge in [-0.2, -0.15) is 0 Å². The van der Waals surface area contributed by atoms with Crippen molar-refractivity contribution in [3.63, 3.8) is 0 Å². The normalized spacial score (nSPS) is 30.0. The molecule has 3 heteroatoms. The van der Waals surface area contributed by atoms with E-state index in [-0.39, 0.29) is 11.9 Å². The number of esters is 1. The van der Waals surface area contributed by atoms with Crippen LogP contribution in [0.2, 0.25) is 0 Å². The SMILES string of the molecule is COC(=O)C1CCC(C)CC1=N. The molecule has 3 nitrogen and oxygen atoms in total. The molecule has 0 bridgehead atoms. The van der Waals surface area contributed by atoms with Gasteiger partial charge in [-0.3, -0.25) is 4.79 Å². The molecule has 2 atom stereocenters. The van der Waals surface area contributed by atoms with E-state index in [2.05, 4.69) is 11.7 Å². The Hall–Kier alpha value is -0.860. The molecule has 1 fully saturated rings. The summed E-state index contributed by atoms with van der Waals surface area (Å²) in [5.41, 5.74) is 0.542. The van der Waals surface area contributed by atoms with Crippen molar-refractivity contribution in [3.05, 3.63) is 0 Å². The fourth-order valence-corrected chi connectivity index (χ4v) is 1.65. The number of ether oxygens (including phenoxy) is 1. The number of rotatable bonds is 1.